The normalized spacial score (nSPS) is 20.8. The zero-order valence-corrected chi connectivity index (χ0v) is 13.7. The van der Waals surface area contributed by atoms with E-state index in [-0.39, 0.29) is 12.4 Å². The van der Waals surface area contributed by atoms with Crippen LogP contribution in [-0.2, 0) is 28.5 Å². The van der Waals surface area contributed by atoms with E-state index in [1.165, 1.54) is 12.5 Å². The smallest absolute Gasteiger partial charge is 0.377 e. The number of hydrogen-bond acceptors (Lipinski definition) is 6. The maximum absolute atomic E-state index is 12.1. The molecule has 2 atom stereocenters. The van der Waals surface area contributed by atoms with Crippen molar-refractivity contribution in [2.45, 2.75) is 12.6 Å². The van der Waals surface area contributed by atoms with Gasteiger partial charge in [0.05, 0.1) is 0 Å². The quantitative estimate of drug-likeness (QED) is 0.765. The van der Waals surface area contributed by atoms with Crippen molar-refractivity contribution in [3.05, 3.63) is 95.8 Å². The van der Waals surface area contributed by atoms with Crippen LogP contribution < -0.4 is 0 Å². The van der Waals surface area contributed by atoms with E-state index >= 15 is 0 Å². The van der Waals surface area contributed by atoms with Crippen LogP contribution in [0.5, 0.6) is 0 Å². The molecule has 2 aliphatic rings. The molecule has 0 N–H and O–H groups in total. The Balaban J connectivity index is 1.26. The molecule has 2 aromatic carbocycles. The number of carbonyl (C=O) groups is 1. The summed E-state index contributed by atoms with van der Waals surface area (Å²) in [7, 11) is 0. The van der Waals surface area contributed by atoms with Crippen molar-refractivity contribution in [1.29, 1.82) is 0 Å². The topological polar surface area (TPSA) is 63.2 Å². The molecule has 0 spiro atoms. The first kappa shape index (κ1) is 16.1. The Hall–Kier alpha value is -3.41. The third-order valence-corrected chi connectivity index (χ3v) is 3.80. The molecule has 4 rings (SSSR count). The van der Waals surface area contributed by atoms with Crippen molar-refractivity contribution in [3.8, 4) is 0 Å². The fourth-order valence-electron chi connectivity index (χ4n) is 2.51. The Morgan fingerprint density at radius 3 is 2.04 bits per heavy atom. The number of hydrogen-bond donors (Lipinski definition) is 0. The van der Waals surface area contributed by atoms with Gasteiger partial charge in [0, 0.05) is 11.1 Å². The van der Waals surface area contributed by atoms with Crippen LogP contribution in [0, 0.1) is 0 Å². The number of ether oxygens (including phenoxy) is 5. The molecule has 0 saturated carbocycles. The van der Waals surface area contributed by atoms with Gasteiger partial charge in [-0.25, -0.2) is 4.79 Å². The summed E-state index contributed by atoms with van der Waals surface area (Å²) in [5.74, 6) is -0.194. The lowest BCUT2D eigenvalue weighted by molar-refractivity contribution is -0.146. The van der Waals surface area contributed by atoms with Crippen molar-refractivity contribution in [2.75, 3.05) is 6.61 Å². The molecule has 6 nitrogen and oxygen atoms in total. The Morgan fingerprint density at radius 1 is 0.808 bits per heavy atom. The fourth-order valence-corrected chi connectivity index (χ4v) is 2.51. The highest BCUT2D eigenvalue weighted by atomic mass is 16.7. The van der Waals surface area contributed by atoms with Gasteiger partial charge in [0.1, 0.15) is 12.5 Å². The Bertz CT molecular complexity index is 828. The summed E-state index contributed by atoms with van der Waals surface area (Å²) < 4.78 is 27.1. The molecule has 0 radical (unpaired) electrons. The number of esters is 1. The zero-order chi connectivity index (χ0) is 17.8. The standard InChI is InChI=1S/C20H16O6/c21-18(17-13-24-20(26-17)15-9-5-2-6-10-15)22-11-16-12-23-19(25-16)14-7-3-1-4-8-14/h1-10,12-13,19-20H,11H2. The van der Waals surface area contributed by atoms with Gasteiger partial charge in [0.2, 0.25) is 5.76 Å². The van der Waals surface area contributed by atoms with E-state index in [1.807, 2.05) is 60.7 Å². The Morgan fingerprint density at radius 2 is 1.38 bits per heavy atom. The van der Waals surface area contributed by atoms with Gasteiger partial charge in [0.15, 0.2) is 12.4 Å². The first-order valence-electron chi connectivity index (χ1n) is 8.10. The first-order chi connectivity index (χ1) is 12.8. The van der Waals surface area contributed by atoms with Crippen LogP contribution in [0.3, 0.4) is 0 Å². The summed E-state index contributed by atoms with van der Waals surface area (Å²) in [5, 5.41) is 0. The molecule has 0 amide bonds. The van der Waals surface area contributed by atoms with E-state index in [0.29, 0.717) is 5.76 Å². The number of rotatable bonds is 5. The van der Waals surface area contributed by atoms with Gasteiger partial charge >= 0.3 is 5.97 Å². The number of carbonyl (C=O) groups excluding carboxylic acids is 1. The molecule has 2 unspecified atom stereocenters. The predicted molar refractivity (Wildman–Crippen MR) is 89.8 cm³/mol. The lowest BCUT2D eigenvalue weighted by Crippen LogP contribution is -2.12. The van der Waals surface area contributed by atoms with Crippen LogP contribution in [0.25, 0.3) is 0 Å². The largest absolute Gasteiger partial charge is 0.455 e. The zero-order valence-electron chi connectivity index (χ0n) is 13.7. The second-order valence-electron chi connectivity index (χ2n) is 5.64. The van der Waals surface area contributed by atoms with Crippen LogP contribution in [0.2, 0.25) is 0 Å². The van der Waals surface area contributed by atoms with Gasteiger partial charge in [-0.2, -0.15) is 0 Å². The minimum atomic E-state index is -0.647. The SMILES string of the molecule is O=C(OCC1=COC(c2ccccc2)O1)C1=COC(c2ccccc2)O1. The van der Waals surface area contributed by atoms with Crippen molar-refractivity contribution in [3.63, 3.8) is 0 Å². The maximum atomic E-state index is 12.1. The first-order valence-corrected chi connectivity index (χ1v) is 8.10. The molecular weight excluding hydrogens is 336 g/mol. The molecule has 0 aromatic heterocycles. The van der Waals surface area contributed by atoms with Crippen molar-refractivity contribution < 1.29 is 28.5 Å². The lowest BCUT2D eigenvalue weighted by Gasteiger charge is -2.13. The molecule has 6 heteroatoms. The Kier molecular flexibility index (Phi) is 4.47. The highest BCUT2D eigenvalue weighted by Crippen LogP contribution is 2.30. The predicted octanol–water partition coefficient (Wildman–Crippen LogP) is 3.70. The molecule has 26 heavy (non-hydrogen) atoms. The molecule has 0 bridgehead atoms. The van der Waals surface area contributed by atoms with Crippen molar-refractivity contribution in [2.24, 2.45) is 0 Å². The minimum absolute atomic E-state index is 0.0120. The van der Waals surface area contributed by atoms with Crippen LogP contribution >= 0.6 is 0 Å². The monoisotopic (exact) mass is 352 g/mol. The van der Waals surface area contributed by atoms with Gasteiger partial charge in [-0.1, -0.05) is 60.7 Å². The van der Waals surface area contributed by atoms with E-state index in [2.05, 4.69) is 0 Å². The van der Waals surface area contributed by atoms with Gasteiger partial charge < -0.3 is 23.7 Å². The van der Waals surface area contributed by atoms with Gasteiger partial charge in [-0.05, 0) is 0 Å². The highest BCUT2D eigenvalue weighted by Gasteiger charge is 2.28. The van der Waals surface area contributed by atoms with Crippen molar-refractivity contribution >= 4 is 5.97 Å². The Labute approximate surface area is 150 Å². The summed E-state index contributed by atoms with van der Waals surface area (Å²) in [4.78, 5) is 12.1. The third-order valence-electron chi connectivity index (χ3n) is 3.80. The molecule has 132 valence electrons. The van der Waals surface area contributed by atoms with Crippen LogP contribution in [-0.4, -0.2) is 12.6 Å². The van der Waals surface area contributed by atoms with E-state index < -0.39 is 18.5 Å². The van der Waals surface area contributed by atoms with Gasteiger partial charge in [-0.3, -0.25) is 0 Å². The van der Waals surface area contributed by atoms with E-state index in [4.69, 9.17) is 23.7 Å². The van der Waals surface area contributed by atoms with E-state index in [9.17, 15) is 4.79 Å². The van der Waals surface area contributed by atoms with Crippen LogP contribution in [0.1, 0.15) is 23.7 Å². The lowest BCUT2D eigenvalue weighted by atomic mass is 10.2. The average molecular weight is 352 g/mol. The minimum Gasteiger partial charge on any atom is -0.455 e. The van der Waals surface area contributed by atoms with E-state index in [0.717, 1.165) is 11.1 Å². The molecule has 0 aliphatic carbocycles. The molecule has 2 aromatic rings. The molecular formula is C20H16O6. The molecule has 2 heterocycles. The second kappa shape index (κ2) is 7.23. The van der Waals surface area contributed by atoms with Crippen molar-refractivity contribution in [1.82, 2.24) is 0 Å². The van der Waals surface area contributed by atoms with Gasteiger partial charge in [0.25, 0.3) is 12.6 Å². The molecule has 2 aliphatic heterocycles. The summed E-state index contributed by atoms with van der Waals surface area (Å²) in [5.41, 5.74) is 1.69. The van der Waals surface area contributed by atoms with Crippen LogP contribution in [0.15, 0.2) is 84.7 Å². The summed E-state index contributed by atoms with van der Waals surface area (Å²) in [6, 6.07) is 18.8. The molecule has 0 fully saturated rings. The fraction of sp³-hybridized carbons (Fsp3) is 0.150. The van der Waals surface area contributed by atoms with E-state index in [1.54, 1.807) is 0 Å². The summed E-state index contributed by atoms with van der Waals surface area (Å²) in [6.07, 6.45) is 1.52. The second-order valence-corrected chi connectivity index (χ2v) is 5.64. The highest BCUT2D eigenvalue weighted by molar-refractivity contribution is 5.86. The summed E-state index contributed by atoms with van der Waals surface area (Å²) >= 11 is 0. The number of benzene rings is 2. The average Bonchev–Trinajstić information content (AvgIpc) is 3.37. The molecule has 0 saturated heterocycles. The third kappa shape index (κ3) is 3.49. The summed E-state index contributed by atoms with van der Waals surface area (Å²) in [6.45, 7) is -0.0567. The van der Waals surface area contributed by atoms with Gasteiger partial charge in [-0.15, -0.1) is 0 Å². The maximum Gasteiger partial charge on any atom is 0.377 e. The van der Waals surface area contributed by atoms with Crippen LogP contribution in [0.4, 0.5) is 0 Å².